The van der Waals surface area contributed by atoms with Crippen molar-refractivity contribution in [3.63, 3.8) is 0 Å². The minimum atomic E-state index is -0.459. The van der Waals surface area contributed by atoms with Gasteiger partial charge in [0.25, 0.3) is 0 Å². The number of halogens is 2. The van der Waals surface area contributed by atoms with Crippen LogP contribution in [0.25, 0.3) is 0 Å². The van der Waals surface area contributed by atoms with Gasteiger partial charge in [0.2, 0.25) is 12.2 Å². The fourth-order valence-corrected chi connectivity index (χ4v) is 4.46. The second-order valence-electron chi connectivity index (χ2n) is 7.26. The van der Waals surface area contributed by atoms with Crippen molar-refractivity contribution < 1.29 is 9.18 Å². The summed E-state index contributed by atoms with van der Waals surface area (Å²) in [7, 11) is 0. The van der Waals surface area contributed by atoms with E-state index in [9.17, 15) is 14.4 Å². The van der Waals surface area contributed by atoms with Crippen molar-refractivity contribution in [1.82, 2.24) is 9.80 Å². The van der Waals surface area contributed by atoms with E-state index in [1.54, 1.807) is 4.90 Å². The van der Waals surface area contributed by atoms with Crippen LogP contribution in [0.1, 0.15) is 11.6 Å². The Balaban J connectivity index is 1.58. The summed E-state index contributed by atoms with van der Waals surface area (Å²) in [5.41, 5.74) is 1.39. The lowest BCUT2D eigenvalue weighted by molar-refractivity contribution is 0.136. The van der Waals surface area contributed by atoms with Crippen LogP contribution in [0, 0.1) is 17.3 Å². The first-order chi connectivity index (χ1) is 16.0. The fourth-order valence-electron chi connectivity index (χ4n) is 3.64. The van der Waals surface area contributed by atoms with Gasteiger partial charge in [-0.05, 0) is 41.3 Å². The van der Waals surface area contributed by atoms with E-state index in [1.807, 2.05) is 58.9 Å². The lowest BCUT2D eigenvalue weighted by atomic mass is 10.0. The average molecular weight is 483 g/mol. The molecule has 0 saturated carbocycles. The molecule has 3 aromatic rings. The highest BCUT2D eigenvalue weighted by Gasteiger charge is 2.33. The fraction of sp³-hybridized carbons (Fsp3) is 0.174. The Labute approximate surface area is 199 Å². The van der Waals surface area contributed by atoms with Gasteiger partial charge in [-0.2, -0.15) is 5.26 Å². The molecular weight excluding hydrogens is 463 g/mol. The maximum absolute atomic E-state index is 13.4. The van der Waals surface area contributed by atoms with Crippen LogP contribution in [0.4, 0.5) is 19.9 Å². The maximum Gasteiger partial charge on any atom is 0.323 e. The van der Waals surface area contributed by atoms with Crippen LogP contribution < -0.4 is 10.6 Å². The number of nitrogens with one attached hydrogen (secondary N) is 2. The number of nitriles is 1. The second-order valence-corrected chi connectivity index (χ2v) is 8.61. The molecule has 1 aliphatic rings. The van der Waals surface area contributed by atoms with E-state index in [0.717, 1.165) is 10.6 Å². The molecule has 33 heavy (non-hydrogen) atoms. The molecule has 1 unspecified atom stereocenters. The monoisotopic (exact) mass is 482 g/mol. The number of amides is 2. The number of benzene rings is 2. The van der Waals surface area contributed by atoms with Crippen molar-refractivity contribution in [3.05, 3.63) is 82.4 Å². The molecule has 2 amide bonds. The molecule has 2 heterocycles. The summed E-state index contributed by atoms with van der Waals surface area (Å²) < 4.78 is 13.4. The third-order valence-electron chi connectivity index (χ3n) is 5.21. The number of piperazine rings is 1. The molecule has 2 N–H and O–H groups in total. The smallest absolute Gasteiger partial charge is 0.323 e. The molecule has 0 radical (unpaired) electrons. The van der Waals surface area contributed by atoms with Crippen LogP contribution >= 0.6 is 22.9 Å². The Hall–Kier alpha value is -3.61. The minimum absolute atomic E-state index is 0.175. The van der Waals surface area contributed by atoms with E-state index in [0.29, 0.717) is 25.3 Å². The first-order valence-corrected chi connectivity index (χ1v) is 11.4. The van der Waals surface area contributed by atoms with Gasteiger partial charge in [-0.25, -0.2) is 9.18 Å². The molecule has 1 atom stereocenters. The molecule has 0 spiro atoms. The topological polar surface area (TPSA) is 83.8 Å². The SMILES string of the molecule is N#C/N=C(/Nc1ccc(F)cc1Cl)N1CCN(C(=O)Nc2cccs2)C(c2ccccc2)C1. The summed E-state index contributed by atoms with van der Waals surface area (Å²) in [5.74, 6) is -0.177. The Morgan fingerprint density at radius 3 is 2.67 bits per heavy atom. The zero-order valence-corrected chi connectivity index (χ0v) is 19.0. The van der Waals surface area contributed by atoms with Gasteiger partial charge in [-0.3, -0.25) is 5.32 Å². The molecule has 7 nitrogen and oxygen atoms in total. The molecule has 2 aromatic carbocycles. The highest BCUT2D eigenvalue weighted by atomic mass is 35.5. The third-order valence-corrected chi connectivity index (χ3v) is 6.31. The van der Waals surface area contributed by atoms with Gasteiger partial charge in [0.1, 0.15) is 5.82 Å². The largest absolute Gasteiger partial charge is 0.338 e. The zero-order chi connectivity index (χ0) is 23.2. The number of carbonyl (C=O) groups is 1. The average Bonchev–Trinajstić information content (AvgIpc) is 3.33. The number of hydrogen-bond acceptors (Lipinski definition) is 4. The van der Waals surface area contributed by atoms with E-state index in [1.165, 1.54) is 29.5 Å². The normalized spacial score (nSPS) is 16.3. The van der Waals surface area contributed by atoms with Gasteiger partial charge >= 0.3 is 6.03 Å². The Kier molecular flexibility index (Phi) is 7.07. The lowest BCUT2D eigenvalue weighted by Gasteiger charge is -2.42. The van der Waals surface area contributed by atoms with Gasteiger partial charge in [-0.15, -0.1) is 16.3 Å². The molecule has 10 heteroatoms. The van der Waals surface area contributed by atoms with Gasteiger partial charge in [0.15, 0.2) is 0 Å². The van der Waals surface area contributed by atoms with Crippen LogP contribution in [-0.4, -0.2) is 41.4 Å². The van der Waals surface area contributed by atoms with Crippen molar-refractivity contribution in [2.75, 3.05) is 30.3 Å². The highest BCUT2D eigenvalue weighted by Crippen LogP contribution is 2.28. The number of nitrogens with zero attached hydrogens (tertiary/aromatic N) is 4. The molecule has 1 fully saturated rings. The first-order valence-electron chi connectivity index (χ1n) is 10.1. The summed E-state index contributed by atoms with van der Waals surface area (Å²) in [6.07, 6.45) is 1.81. The number of anilines is 2. The number of aliphatic imine (C=N–C) groups is 1. The molecule has 4 rings (SSSR count). The van der Waals surface area contributed by atoms with E-state index < -0.39 is 5.82 Å². The Morgan fingerprint density at radius 2 is 1.97 bits per heavy atom. The molecule has 0 aliphatic carbocycles. The minimum Gasteiger partial charge on any atom is -0.338 e. The Morgan fingerprint density at radius 1 is 1.15 bits per heavy atom. The van der Waals surface area contributed by atoms with Crippen molar-refractivity contribution in [3.8, 4) is 6.19 Å². The van der Waals surface area contributed by atoms with Gasteiger partial charge in [0, 0.05) is 19.6 Å². The number of urea groups is 1. The van der Waals surface area contributed by atoms with Crippen molar-refractivity contribution in [2.45, 2.75) is 6.04 Å². The highest BCUT2D eigenvalue weighted by molar-refractivity contribution is 7.14. The van der Waals surface area contributed by atoms with Gasteiger partial charge < -0.3 is 15.1 Å². The van der Waals surface area contributed by atoms with Crippen LogP contribution in [0.5, 0.6) is 0 Å². The quantitative estimate of drug-likeness (QED) is 0.298. The number of rotatable bonds is 3. The zero-order valence-electron chi connectivity index (χ0n) is 17.4. The number of carbonyl (C=O) groups excluding carboxylic acids is 1. The van der Waals surface area contributed by atoms with Crippen LogP contribution in [0.2, 0.25) is 5.02 Å². The van der Waals surface area contributed by atoms with Crippen molar-refractivity contribution in [2.24, 2.45) is 4.99 Å². The molecule has 1 aromatic heterocycles. The number of thiophene rings is 1. The third kappa shape index (κ3) is 5.42. The standard InChI is InChI=1S/C23H20ClFN6OS/c24-18-13-17(25)8-9-19(18)28-22(27-15-26)30-10-11-31(23(32)29-21-7-4-12-33-21)20(14-30)16-5-2-1-3-6-16/h1-9,12-13,20H,10-11,14H2,(H,27,28)(H,29,32). The predicted molar refractivity (Wildman–Crippen MR) is 129 cm³/mol. The van der Waals surface area contributed by atoms with Crippen molar-refractivity contribution >= 4 is 45.6 Å². The maximum atomic E-state index is 13.4. The Bertz CT molecular complexity index is 1180. The van der Waals surface area contributed by atoms with E-state index in [4.69, 9.17) is 11.6 Å². The summed E-state index contributed by atoms with van der Waals surface area (Å²) >= 11 is 7.61. The van der Waals surface area contributed by atoms with Crippen LogP contribution in [0.3, 0.4) is 0 Å². The number of hydrogen-bond donors (Lipinski definition) is 2. The lowest BCUT2D eigenvalue weighted by Crippen LogP contribution is -2.54. The summed E-state index contributed by atoms with van der Waals surface area (Å²) in [5, 5.41) is 18.1. The molecule has 0 bridgehead atoms. The second kappa shape index (κ2) is 10.3. The molecule has 168 valence electrons. The van der Waals surface area contributed by atoms with E-state index in [2.05, 4.69) is 15.6 Å². The predicted octanol–water partition coefficient (Wildman–Crippen LogP) is 5.38. The van der Waals surface area contributed by atoms with Crippen LogP contribution in [-0.2, 0) is 0 Å². The van der Waals surface area contributed by atoms with E-state index in [-0.39, 0.29) is 23.1 Å². The summed E-state index contributed by atoms with van der Waals surface area (Å²) in [6.45, 7) is 1.24. The van der Waals surface area contributed by atoms with Crippen molar-refractivity contribution in [1.29, 1.82) is 5.26 Å². The summed E-state index contributed by atoms with van der Waals surface area (Å²) in [4.78, 5) is 20.7. The molecular formula is C23H20ClFN6OS. The first kappa shape index (κ1) is 22.6. The number of guanidine groups is 1. The van der Waals surface area contributed by atoms with E-state index >= 15 is 0 Å². The van der Waals surface area contributed by atoms with Gasteiger partial charge in [0.05, 0.1) is 21.8 Å². The summed E-state index contributed by atoms with van der Waals surface area (Å²) in [6, 6.07) is 16.9. The van der Waals surface area contributed by atoms with Crippen LogP contribution in [0.15, 0.2) is 71.0 Å². The van der Waals surface area contributed by atoms with Gasteiger partial charge in [-0.1, -0.05) is 41.9 Å². The molecule has 1 aliphatic heterocycles. The molecule has 1 saturated heterocycles.